The van der Waals surface area contributed by atoms with Crippen LogP contribution in [0.15, 0.2) is 22.7 Å². The van der Waals surface area contributed by atoms with Gasteiger partial charge in [-0.3, -0.25) is 9.69 Å². The monoisotopic (exact) mass is 346 g/mol. The topological polar surface area (TPSA) is 64.8 Å². The van der Waals surface area contributed by atoms with Gasteiger partial charge in [-0.1, -0.05) is 15.9 Å². The second-order valence-electron chi connectivity index (χ2n) is 4.52. The molecule has 0 radical (unpaired) electrons. The van der Waals surface area contributed by atoms with E-state index in [-0.39, 0.29) is 5.82 Å². The van der Waals surface area contributed by atoms with E-state index in [1.807, 2.05) is 4.90 Å². The van der Waals surface area contributed by atoms with Crippen LogP contribution in [0, 0.1) is 5.82 Å². The Hall–Kier alpha value is -1.18. The van der Waals surface area contributed by atoms with Crippen LogP contribution in [0.2, 0.25) is 0 Å². The fourth-order valence-electron chi connectivity index (χ4n) is 1.98. The van der Waals surface area contributed by atoms with Crippen molar-refractivity contribution in [2.75, 3.05) is 32.8 Å². The largest absolute Gasteiger partial charge is 0.492 e. The third-order valence-electron chi connectivity index (χ3n) is 2.98. The second kappa shape index (κ2) is 7.01. The molecule has 7 heteroatoms. The zero-order valence-electron chi connectivity index (χ0n) is 10.9. The number of carbonyl (C=O) groups is 1. The number of carbonyl (C=O) groups excluding carboxylic acids is 1. The number of amides is 1. The Kier molecular flexibility index (Phi) is 5.33. The number of hydrogen-bond donors (Lipinski definition) is 1. The van der Waals surface area contributed by atoms with Gasteiger partial charge in [0.15, 0.2) is 0 Å². The Balaban J connectivity index is 1.79. The molecule has 20 heavy (non-hydrogen) atoms. The summed E-state index contributed by atoms with van der Waals surface area (Å²) in [6.07, 6.45) is -0.563. The molecule has 1 fully saturated rings. The Morgan fingerprint density at radius 3 is 3.05 bits per heavy atom. The number of halogens is 2. The molecular weight excluding hydrogens is 331 g/mol. The lowest BCUT2D eigenvalue weighted by Gasteiger charge is -2.31. The second-order valence-corrected chi connectivity index (χ2v) is 5.43. The average Bonchev–Trinajstić information content (AvgIpc) is 2.38. The van der Waals surface area contributed by atoms with E-state index in [0.29, 0.717) is 36.5 Å². The fraction of sp³-hybridized carbons (Fsp3) is 0.462. The fourth-order valence-corrected chi connectivity index (χ4v) is 2.43. The lowest BCUT2D eigenvalue weighted by molar-refractivity contribution is -0.135. The van der Waals surface area contributed by atoms with Gasteiger partial charge in [-0.05, 0) is 12.1 Å². The number of rotatable bonds is 5. The van der Waals surface area contributed by atoms with E-state index in [1.165, 1.54) is 12.1 Å². The van der Waals surface area contributed by atoms with Crippen LogP contribution >= 0.6 is 15.9 Å². The van der Waals surface area contributed by atoms with Crippen LogP contribution in [-0.4, -0.2) is 49.8 Å². The lowest BCUT2D eigenvalue weighted by atomic mass is 10.2. The number of nitrogens with zero attached hydrogens (tertiary/aromatic N) is 1. The van der Waals surface area contributed by atoms with Gasteiger partial charge in [0.1, 0.15) is 24.3 Å². The molecule has 0 aliphatic carbocycles. The molecule has 1 aliphatic heterocycles. The van der Waals surface area contributed by atoms with Crippen LogP contribution in [0.3, 0.4) is 0 Å². The van der Waals surface area contributed by atoms with Crippen LogP contribution in [0.4, 0.5) is 4.39 Å². The molecule has 1 aliphatic rings. The molecule has 2 N–H and O–H groups in total. The molecule has 1 saturated heterocycles. The van der Waals surface area contributed by atoms with Gasteiger partial charge in [0.05, 0.1) is 6.61 Å². The minimum absolute atomic E-state index is 0.352. The van der Waals surface area contributed by atoms with E-state index in [0.717, 1.165) is 6.54 Å². The van der Waals surface area contributed by atoms with Gasteiger partial charge in [-0.15, -0.1) is 0 Å². The summed E-state index contributed by atoms with van der Waals surface area (Å²) in [5.74, 6) is -0.337. The summed E-state index contributed by atoms with van der Waals surface area (Å²) < 4.78 is 24.5. The van der Waals surface area contributed by atoms with Crippen LogP contribution < -0.4 is 10.5 Å². The van der Waals surface area contributed by atoms with Crippen molar-refractivity contribution in [1.82, 2.24) is 4.90 Å². The van der Waals surface area contributed by atoms with E-state index >= 15 is 0 Å². The van der Waals surface area contributed by atoms with Gasteiger partial charge in [-0.25, -0.2) is 4.39 Å². The summed E-state index contributed by atoms with van der Waals surface area (Å²) in [5, 5.41) is 0. The molecule has 1 atom stereocenters. The number of primary amides is 1. The van der Waals surface area contributed by atoms with Gasteiger partial charge in [0.2, 0.25) is 5.91 Å². The Bertz CT molecular complexity index is 466. The first-order chi connectivity index (χ1) is 9.54. The highest BCUT2D eigenvalue weighted by molar-refractivity contribution is 9.10. The Labute approximate surface area is 125 Å². The maximum Gasteiger partial charge on any atom is 0.247 e. The third-order valence-corrected chi connectivity index (χ3v) is 3.44. The zero-order chi connectivity index (χ0) is 14.5. The number of ether oxygens (including phenoxy) is 2. The van der Waals surface area contributed by atoms with Crippen molar-refractivity contribution in [1.29, 1.82) is 0 Å². The molecular formula is C13H16BrFN2O3. The first-order valence-corrected chi connectivity index (χ1v) is 7.06. The highest BCUT2D eigenvalue weighted by atomic mass is 79.9. The van der Waals surface area contributed by atoms with Gasteiger partial charge in [-0.2, -0.15) is 0 Å². The summed E-state index contributed by atoms with van der Waals surface area (Å²) in [6.45, 7) is 2.69. The van der Waals surface area contributed by atoms with Crippen molar-refractivity contribution in [2.24, 2.45) is 5.73 Å². The van der Waals surface area contributed by atoms with Crippen molar-refractivity contribution < 1.29 is 18.7 Å². The van der Waals surface area contributed by atoms with E-state index in [1.54, 1.807) is 6.07 Å². The molecule has 1 aromatic rings. The lowest BCUT2D eigenvalue weighted by Crippen LogP contribution is -2.49. The van der Waals surface area contributed by atoms with Crippen molar-refractivity contribution >= 4 is 21.8 Å². The normalized spacial score (nSPS) is 19.8. The first-order valence-electron chi connectivity index (χ1n) is 6.27. The smallest absolute Gasteiger partial charge is 0.247 e. The third kappa shape index (κ3) is 4.43. The minimum Gasteiger partial charge on any atom is -0.492 e. The van der Waals surface area contributed by atoms with Crippen LogP contribution in [0.1, 0.15) is 0 Å². The highest BCUT2D eigenvalue weighted by Crippen LogP contribution is 2.20. The van der Waals surface area contributed by atoms with Crippen molar-refractivity contribution in [3.05, 3.63) is 28.5 Å². The summed E-state index contributed by atoms with van der Waals surface area (Å²) in [4.78, 5) is 13.1. The number of morpholine rings is 1. The molecule has 0 unspecified atom stereocenters. The molecule has 0 saturated carbocycles. The van der Waals surface area contributed by atoms with Gasteiger partial charge < -0.3 is 15.2 Å². The summed E-state index contributed by atoms with van der Waals surface area (Å²) in [5.41, 5.74) is 5.21. The Morgan fingerprint density at radius 1 is 1.55 bits per heavy atom. The van der Waals surface area contributed by atoms with E-state index < -0.39 is 12.0 Å². The van der Waals surface area contributed by atoms with Crippen molar-refractivity contribution in [2.45, 2.75) is 6.10 Å². The maximum atomic E-state index is 13.2. The molecule has 0 bridgehead atoms. The van der Waals surface area contributed by atoms with E-state index in [9.17, 15) is 9.18 Å². The SMILES string of the molecule is NC(=O)[C@H]1CN(CCOc2cc(F)cc(Br)c2)CCO1. The number of benzene rings is 1. The Morgan fingerprint density at radius 2 is 2.35 bits per heavy atom. The van der Waals surface area contributed by atoms with Gasteiger partial charge in [0, 0.05) is 30.2 Å². The van der Waals surface area contributed by atoms with Gasteiger partial charge >= 0.3 is 0 Å². The summed E-state index contributed by atoms with van der Waals surface area (Å²) in [6, 6.07) is 4.40. The highest BCUT2D eigenvalue weighted by Gasteiger charge is 2.24. The zero-order valence-corrected chi connectivity index (χ0v) is 12.4. The quantitative estimate of drug-likeness (QED) is 0.868. The molecule has 5 nitrogen and oxygen atoms in total. The summed E-state index contributed by atoms with van der Waals surface area (Å²) >= 11 is 3.21. The minimum atomic E-state index is -0.563. The molecule has 1 amide bonds. The molecule has 2 rings (SSSR count). The standard InChI is InChI=1S/C13H16BrFN2O3/c14-9-5-10(15)7-11(6-9)19-3-1-17-2-4-20-12(8-17)13(16)18/h5-7,12H,1-4,8H2,(H2,16,18)/t12-/m1/s1. The summed E-state index contributed by atoms with van der Waals surface area (Å²) in [7, 11) is 0. The number of hydrogen-bond acceptors (Lipinski definition) is 4. The van der Waals surface area contributed by atoms with Crippen LogP contribution in [-0.2, 0) is 9.53 Å². The average molecular weight is 347 g/mol. The molecule has 1 aromatic carbocycles. The molecule has 0 aromatic heterocycles. The maximum absolute atomic E-state index is 13.2. The first kappa shape index (κ1) is 15.2. The van der Waals surface area contributed by atoms with Crippen LogP contribution in [0.25, 0.3) is 0 Å². The van der Waals surface area contributed by atoms with Crippen LogP contribution in [0.5, 0.6) is 5.75 Å². The number of nitrogens with two attached hydrogens (primary N) is 1. The van der Waals surface area contributed by atoms with Crippen molar-refractivity contribution in [3.8, 4) is 5.75 Å². The van der Waals surface area contributed by atoms with Crippen molar-refractivity contribution in [3.63, 3.8) is 0 Å². The van der Waals surface area contributed by atoms with E-state index in [4.69, 9.17) is 15.2 Å². The predicted molar refractivity (Wildman–Crippen MR) is 75.0 cm³/mol. The molecule has 1 heterocycles. The predicted octanol–water partition coefficient (Wildman–Crippen LogP) is 1.15. The molecule has 110 valence electrons. The molecule has 0 spiro atoms. The van der Waals surface area contributed by atoms with Gasteiger partial charge in [0.25, 0.3) is 0 Å². The van der Waals surface area contributed by atoms with E-state index in [2.05, 4.69) is 15.9 Å².